The maximum atomic E-state index is 13.2. The van der Waals surface area contributed by atoms with Crippen molar-refractivity contribution in [1.82, 2.24) is 18.9 Å². The van der Waals surface area contributed by atoms with Gasteiger partial charge in [-0.15, -0.1) is 0 Å². The van der Waals surface area contributed by atoms with Crippen LogP contribution in [0, 0.1) is 11.3 Å². The second kappa shape index (κ2) is 7.83. The number of rotatable bonds is 3. The zero-order valence-electron chi connectivity index (χ0n) is 17.0. The molecule has 0 aliphatic carbocycles. The highest BCUT2D eigenvalue weighted by molar-refractivity contribution is 5.73. The Morgan fingerprint density at radius 1 is 1.03 bits per heavy atom. The largest absolute Gasteiger partial charge is 0.416 e. The molecule has 0 saturated heterocycles. The summed E-state index contributed by atoms with van der Waals surface area (Å²) < 4.78 is 42.7. The fraction of sp³-hybridized carbons (Fsp3) is 0.0909. The van der Waals surface area contributed by atoms with Crippen LogP contribution in [0.1, 0.15) is 11.1 Å². The van der Waals surface area contributed by atoms with Crippen LogP contribution >= 0.6 is 0 Å². The smallest absolute Gasteiger partial charge is 0.384 e. The number of anilines is 1. The highest BCUT2D eigenvalue weighted by atomic mass is 19.4. The Balaban J connectivity index is 1.98. The van der Waals surface area contributed by atoms with Crippen molar-refractivity contribution < 1.29 is 13.2 Å². The molecule has 4 rings (SSSR count). The molecule has 4 aromatic rings. The van der Waals surface area contributed by atoms with Gasteiger partial charge in [0, 0.05) is 7.05 Å². The van der Waals surface area contributed by atoms with Crippen molar-refractivity contribution >= 4 is 5.82 Å². The van der Waals surface area contributed by atoms with Gasteiger partial charge in [0.15, 0.2) is 0 Å². The van der Waals surface area contributed by atoms with Crippen LogP contribution in [0.15, 0.2) is 70.4 Å². The average Bonchev–Trinajstić information content (AvgIpc) is 3.27. The minimum atomic E-state index is -4.63. The van der Waals surface area contributed by atoms with Crippen LogP contribution < -0.4 is 17.0 Å². The fourth-order valence-electron chi connectivity index (χ4n) is 3.42. The summed E-state index contributed by atoms with van der Waals surface area (Å²) in [6.07, 6.45) is -3.22. The Kier molecular flexibility index (Phi) is 5.13. The molecule has 0 fully saturated rings. The van der Waals surface area contributed by atoms with E-state index in [9.17, 15) is 22.8 Å². The zero-order valence-corrected chi connectivity index (χ0v) is 17.0. The molecule has 0 bridgehead atoms. The minimum absolute atomic E-state index is 0.114. The SMILES string of the molecule is Cn1c(=O)c(-c2ccnn2-c2ccc(C#N)cc2)c(N)n(-c2cccc(C(F)(F)F)c2)c1=O. The van der Waals surface area contributed by atoms with Crippen LogP contribution in [0.5, 0.6) is 0 Å². The standard InChI is InChI=1S/C22H15F3N6O2/c1-29-20(32)18(17-9-10-28-31(17)15-7-5-13(12-26)6-8-15)19(27)30(21(29)33)16-4-2-3-14(11-16)22(23,24)25/h2-11H,27H2,1H3. The van der Waals surface area contributed by atoms with Gasteiger partial charge in [-0.05, 0) is 48.5 Å². The number of hydrogen-bond donors (Lipinski definition) is 1. The molecule has 2 aromatic carbocycles. The van der Waals surface area contributed by atoms with Gasteiger partial charge in [-0.25, -0.2) is 14.0 Å². The third-order valence-corrected chi connectivity index (χ3v) is 5.07. The van der Waals surface area contributed by atoms with Crippen molar-refractivity contribution in [2.24, 2.45) is 7.05 Å². The summed E-state index contributed by atoms with van der Waals surface area (Å²) in [6, 6.07) is 13.9. The Bertz CT molecular complexity index is 1520. The molecular weight excluding hydrogens is 437 g/mol. The lowest BCUT2D eigenvalue weighted by Gasteiger charge is -2.17. The first-order chi connectivity index (χ1) is 15.6. The number of benzene rings is 2. The number of alkyl halides is 3. The van der Waals surface area contributed by atoms with Gasteiger partial charge in [0.05, 0.1) is 40.5 Å². The Morgan fingerprint density at radius 3 is 2.36 bits per heavy atom. The lowest BCUT2D eigenvalue weighted by atomic mass is 10.1. The van der Waals surface area contributed by atoms with Gasteiger partial charge < -0.3 is 5.73 Å². The van der Waals surface area contributed by atoms with Crippen molar-refractivity contribution in [2.45, 2.75) is 6.18 Å². The number of nitrogens with two attached hydrogens (primary N) is 1. The number of halogens is 3. The number of nitrogen functional groups attached to an aromatic ring is 1. The molecule has 11 heteroatoms. The van der Waals surface area contributed by atoms with E-state index in [1.54, 1.807) is 24.3 Å². The predicted octanol–water partition coefficient (Wildman–Crippen LogP) is 2.86. The molecule has 0 atom stereocenters. The van der Waals surface area contributed by atoms with Gasteiger partial charge in [0.1, 0.15) is 11.4 Å². The lowest BCUT2D eigenvalue weighted by molar-refractivity contribution is -0.137. The molecule has 166 valence electrons. The molecular formula is C22H15F3N6O2. The molecule has 2 N–H and O–H groups in total. The van der Waals surface area contributed by atoms with E-state index >= 15 is 0 Å². The molecule has 33 heavy (non-hydrogen) atoms. The number of aromatic nitrogens is 4. The van der Waals surface area contributed by atoms with E-state index in [4.69, 9.17) is 11.0 Å². The molecule has 2 aromatic heterocycles. The van der Waals surface area contributed by atoms with E-state index in [1.165, 1.54) is 30.1 Å². The number of nitriles is 1. The van der Waals surface area contributed by atoms with Gasteiger partial charge in [-0.3, -0.25) is 9.36 Å². The van der Waals surface area contributed by atoms with E-state index in [0.29, 0.717) is 11.3 Å². The Labute approximate surface area is 184 Å². The minimum Gasteiger partial charge on any atom is -0.384 e. The van der Waals surface area contributed by atoms with Gasteiger partial charge in [-0.2, -0.15) is 23.5 Å². The summed E-state index contributed by atoms with van der Waals surface area (Å²) >= 11 is 0. The normalized spacial score (nSPS) is 11.4. The first-order valence-corrected chi connectivity index (χ1v) is 9.47. The number of hydrogen-bond acceptors (Lipinski definition) is 5. The van der Waals surface area contributed by atoms with E-state index in [2.05, 4.69) is 5.10 Å². The summed E-state index contributed by atoms with van der Waals surface area (Å²) in [5.74, 6) is -0.335. The van der Waals surface area contributed by atoms with Crippen LogP contribution in [0.4, 0.5) is 19.0 Å². The van der Waals surface area contributed by atoms with Gasteiger partial charge in [0.2, 0.25) is 0 Å². The molecule has 0 aliphatic rings. The van der Waals surface area contributed by atoms with Crippen LogP contribution in [0.25, 0.3) is 22.6 Å². The second-order valence-electron chi connectivity index (χ2n) is 7.08. The van der Waals surface area contributed by atoms with E-state index in [0.717, 1.165) is 27.3 Å². The van der Waals surface area contributed by atoms with Crippen LogP contribution in [-0.2, 0) is 13.2 Å². The maximum Gasteiger partial charge on any atom is 0.416 e. The lowest BCUT2D eigenvalue weighted by Crippen LogP contribution is -2.40. The van der Waals surface area contributed by atoms with Crippen molar-refractivity contribution in [2.75, 3.05) is 5.73 Å². The Hall–Kier alpha value is -4.59. The van der Waals surface area contributed by atoms with Crippen molar-refractivity contribution in [3.63, 3.8) is 0 Å². The van der Waals surface area contributed by atoms with Crippen molar-refractivity contribution in [3.8, 4) is 28.7 Å². The zero-order chi connectivity index (χ0) is 23.9. The summed E-state index contributed by atoms with van der Waals surface area (Å²) in [5.41, 5.74) is 4.49. The Morgan fingerprint density at radius 2 is 1.73 bits per heavy atom. The highest BCUT2D eigenvalue weighted by Crippen LogP contribution is 2.31. The summed E-state index contributed by atoms with van der Waals surface area (Å²) in [4.78, 5) is 25.8. The molecule has 0 saturated carbocycles. The van der Waals surface area contributed by atoms with Crippen LogP contribution in [-0.4, -0.2) is 18.9 Å². The fourth-order valence-corrected chi connectivity index (χ4v) is 3.42. The van der Waals surface area contributed by atoms with Crippen molar-refractivity contribution in [1.29, 1.82) is 5.26 Å². The molecule has 2 heterocycles. The monoisotopic (exact) mass is 452 g/mol. The summed E-state index contributed by atoms with van der Waals surface area (Å²) in [5, 5.41) is 13.2. The molecule has 0 aliphatic heterocycles. The summed E-state index contributed by atoms with van der Waals surface area (Å²) in [6.45, 7) is 0. The highest BCUT2D eigenvalue weighted by Gasteiger charge is 2.31. The second-order valence-corrected chi connectivity index (χ2v) is 7.08. The first kappa shape index (κ1) is 21.6. The van der Waals surface area contributed by atoms with E-state index in [1.807, 2.05) is 6.07 Å². The number of nitrogens with zero attached hydrogens (tertiary/aromatic N) is 5. The first-order valence-electron chi connectivity index (χ1n) is 9.47. The van der Waals surface area contributed by atoms with Gasteiger partial charge in [-0.1, -0.05) is 6.07 Å². The molecule has 0 spiro atoms. The van der Waals surface area contributed by atoms with Crippen LogP contribution in [0.2, 0.25) is 0 Å². The molecule has 0 amide bonds. The maximum absolute atomic E-state index is 13.2. The van der Waals surface area contributed by atoms with Gasteiger partial charge >= 0.3 is 11.9 Å². The van der Waals surface area contributed by atoms with Gasteiger partial charge in [0.25, 0.3) is 5.56 Å². The molecule has 0 unspecified atom stereocenters. The summed E-state index contributed by atoms with van der Waals surface area (Å²) in [7, 11) is 1.21. The van der Waals surface area contributed by atoms with E-state index in [-0.39, 0.29) is 22.8 Å². The third kappa shape index (κ3) is 3.67. The van der Waals surface area contributed by atoms with Crippen molar-refractivity contribution in [3.05, 3.63) is 92.8 Å². The molecule has 8 nitrogen and oxygen atoms in total. The quantitative estimate of drug-likeness (QED) is 0.514. The van der Waals surface area contributed by atoms with E-state index < -0.39 is 23.0 Å². The average molecular weight is 452 g/mol. The predicted molar refractivity (Wildman–Crippen MR) is 114 cm³/mol. The third-order valence-electron chi connectivity index (χ3n) is 5.07. The topological polar surface area (TPSA) is 112 Å². The van der Waals surface area contributed by atoms with Crippen LogP contribution in [0.3, 0.4) is 0 Å². The molecule has 0 radical (unpaired) electrons.